The molecule has 28 heavy (non-hydrogen) atoms. The van der Waals surface area contributed by atoms with Crippen LogP contribution in [0, 0.1) is 11.8 Å². The van der Waals surface area contributed by atoms with Gasteiger partial charge in [-0.1, -0.05) is 74.5 Å². The molecule has 0 saturated heterocycles. The van der Waals surface area contributed by atoms with E-state index in [2.05, 4.69) is 0 Å². The zero-order chi connectivity index (χ0) is 20.4. The summed E-state index contributed by atoms with van der Waals surface area (Å²) in [4.78, 5) is 24.8. The van der Waals surface area contributed by atoms with Crippen molar-refractivity contribution in [3.05, 3.63) is 77.9 Å². The molecule has 0 bridgehead atoms. The Morgan fingerprint density at radius 3 is 2.14 bits per heavy atom. The molecule has 2 atom stereocenters. The number of carbonyl (C=O) groups excluding carboxylic acids is 2. The molecule has 0 aliphatic heterocycles. The van der Waals surface area contributed by atoms with Gasteiger partial charge in [0, 0.05) is 6.08 Å². The molecule has 4 heteroatoms. The topological polar surface area (TPSA) is 52.6 Å². The lowest BCUT2D eigenvalue weighted by Crippen LogP contribution is -2.33. The third kappa shape index (κ3) is 7.39. The molecule has 0 radical (unpaired) electrons. The minimum absolute atomic E-state index is 0.244. The van der Waals surface area contributed by atoms with E-state index in [-0.39, 0.29) is 11.9 Å². The summed E-state index contributed by atoms with van der Waals surface area (Å²) in [6.45, 7) is 6.05. The Bertz CT molecular complexity index is 766. The zero-order valence-corrected chi connectivity index (χ0v) is 16.7. The van der Waals surface area contributed by atoms with Crippen molar-refractivity contribution < 1.29 is 19.1 Å². The largest absolute Gasteiger partial charge is 0.465 e. The first-order chi connectivity index (χ1) is 13.5. The number of ether oxygens (including phenoxy) is 2. The average Bonchev–Trinajstić information content (AvgIpc) is 2.70. The monoisotopic (exact) mass is 380 g/mol. The van der Waals surface area contributed by atoms with Crippen LogP contribution < -0.4 is 0 Å². The fraction of sp³-hybridized carbons (Fsp3) is 0.333. The first kappa shape index (κ1) is 21.4. The van der Waals surface area contributed by atoms with E-state index in [0.717, 1.165) is 11.1 Å². The number of carbonyl (C=O) groups is 2. The molecule has 4 nitrogen and oxygen atoms in total. The summed E-state index contributed by atoms with van der Waals surface area (Å²) >= 11 is 0. The summed E-state index contributed by atoms with van der Waals surface area (Å²) in [6.07, 6.45) is 2.92. The van der Waals surface area contributed by atoms with Gasteiger partial charge in [-0.2, -0.15) is 0 Å². The Hall–Kier alpha value is -2.88. The van der Waals surface area contributed by atoms with Gasteiger partial charge in [-0.15, -0.1) is 0 Å². The molecule has 2 rings (SSSR count). The van der Waals surface area contributed by atoms with Crippen molar-refractivity contribution in [2.45, 2.75) is 33.3 Å². The third-order valence-corrected chi connectivity index (χ3v) is 4.24. The van der Waals surface area contributed by atoms with Crippen molar-refractivity contribution in [3.8, 4) is 0 Å². The van der Waals surface area contributed by atoms with Gasteiger partial charge in [0.25, 0.3) is 0 Å². The lowest BCUT2D eigenvalue weighted by Gasteiger charge is -2.23. The molecule has 0 fully saturated rings. The summed E-state index contributed by atoms with van der Waals surface area (Å²) < 4.78 is 10.9. The second kappa shape index (κ2) is 11.1. The molecule has 0 heterocycles. The SMILES string of the molecule is CC(C)COC(=O)C(Cc1ccccc1)C(C)OC(=O)C=Cc1ccccc1. The second-order valence-electron chi connectivity index (χ2n) is 7.21. The normalized spacial score (nSPS) is 13.3. The lowest BCUT2D eigenvalue weighted by atomic mass is 9.94. The Balaban J connectivity index is 2.04. The smallest absolute Gasteiger partial charge is 0.331 e. The molecular formula is C24H28O4. The molecular weight excluding hydrogens is 352 g/mol. The van der Waals surface area contributed by atoms with Crippen molar-refractivity contribution in [2.75, 3.05) is 6.61 Å². The van der Waals surface area contributed by atoms with Crippen LogP contribution in [-0.2, 0) is 25.5 Å². The molecule has 2 unspecified atom stereocenters. The van der Waals surface area contributed by atoms with Crippen LogP contribution in [0.3, 0.4) is 0 Å². The zero-order valence-electron chi connectivity index (χ0n) is 16.7. The number of hydrogen-bond acceptors (Lipinski definition) is 4. The Labute approximate surface area is 167 Å². The van der Waals surface area contributed by atoms with Crippen LogP contribution in [0.4, 0.5) is 0 Å². The fourth-order valence-corrected chi connectivity index (χ4v) is 2.70. The van der Waals surface area contributed by atoms with Gasteiger partial charge in [0.05, 0.1) is 12.5 Å². The van der Waals surface area contributed by atoms with E-state index in [0.29, 0.717) is 13.0 Å². The minimum Gasteiger partial charge on any atom is -0.465 e. The Kier molecular flexibility index (Phi) is 8.47. The Morgan fingerprint density at radius 1 is 0.929 bits per heavy atom. The molecule has 2 aromatic rings. The first-order valence-electron chi connectivity index (χ1n) is 9.60. The van der Waals surface area contributed by atoms with E-state index in [9.17, 15) is 9.59 Å². The van der Waals surface area contributed by atoms with E-state index in [4.69, 9.17) is 9.47 Å². The molecule has 0 amide bonds. The fourth-order valence-electron chi connectivity index (χ4n) is 2.70. The predicted molar refractivity (Wildman–Crippen MR) is 110 cm³/mol. The third-order valence-electron chi connectivity index (χ3n) is 4.24. The first-order valence-corrected chi connectivity index (χ1v) is 9.60. The van der Waals surface area contributed by atoms with Gasteiger partial charge in [0.15, 0.2) is 0 Å². The van der Waals surface area contributed by atoms with E-state index in [1.807, 2.05) is 74.5 Å². The molecule has 0 aliphatic carbocycles. The maximum atomic E-state index is 12.6. The van der Waals surface area contributed by atoms with Crippen LogP contribution in [0.25, 0.3) is 6.08 Å². The molecule has 0 saturated carbocycles. The van der Waals surface area contributed by atoms with Crippen LogP contribution in [-0.4, -0.2) is 24.6 Å². The summed E-state index contributed by atoms with van der Waals surface area (Å²) in [5.41, 5.74) is 1.90. The highest BCUT2D eigenvalue weighted by molar-refractivity contribution is 5.87. The van der Waals surface area contributed by atoms with Gasteiger partial charge in [-0.3, -0.25) is 4.79 Å². The Morgan fingerprint density at radius 2 is 1.54 bits per heavy atom. The maximum absolute atomic E-state index is 12.6. The van der Waals surface area contributed by atoms with Crippen molar-refractivity contribution in [3.63, 3.8) is 0 Å². The van der Waals surface area contributed by atoms with Crippen LogP contribution in [0.1, 0.15) is 31.9 Å². The standard InChI is InChI=1S/C24H28O4/c1-18(2)17-27-24(26)22(16-21-12-8-5-9-13-21)19(3)28-23(25)15-14-20-10-6-4-7-11-20/h4-15,18-19,22H,16-17H2,1-3H3. The van der Waals surface area contributed by atoms with E-state index in [1.165, 1.54) is 6.08 Å². The highest BCUT2D eigenvalue weighted by atomic mass is 16.6. The number of hydrogen-bond donors (Lipinski definition) is 0. The highest BCUT2D eigenvalue weighted by Gasteiger charge is 2.29. The summed E-state index contributed by atoms with van der Waals surface area (Å²) in [5, 5.41) is 0. The van der Waals surface area contributed by atoms with Crippen LogP contribution >= 0.6 is 0 Å². The van der Waals surface area contributed by atoms with Gasteiger partial charge in [-0.05, 0) is 36.5 Å². The average molecular weight is 380 g/mol. The van der Waals surface area contributed by atoms with Crippen LogP contribution in [0.5, 0.6) is 0 Å². The lowest BCUT2D eigenvalue weighted by molar-refractivity contribution is -0.159. The summed E-state index contributed by atoms with van der Waals surface area (Å²) in [5.74, 6) is -1.14. The van der Waals surface area contributed by atoms with Crippen molar-refractivity contribution in [1.82, 2.24) is 0 Å². The molecule has 0 aromatic heterocycles. The number of benzene rings is 2. The quantitative estimate of drug-likeness (QED) is 0.468. The van der Waals surface area contributed by atoms with Gasteiger partial charge in [0.2, 0.25) is 0 Å². The number of esters is 2. The molecule has 0 N–H and O–H groups in total. The highest BCUT2D eigenvalue weighted by Crippen LogP contribution is 2.18. The van der Waals surface area contributed by atoms with Gasteiger partial charge >= 0.3 is 11.9 Å². The predicted octanol–water partition coefficient (Wildman–Crippen LogP) is 4.69. The van der Waals surface area contributed by atoms with Gasteiger partial charge in [0.1, 0.15) is 6.10 Å². The van der Waals surface area contributed by atoms with Crippen LogP contribution in [0.15, 0.2) is 66.7 Å². The molecule has 2 aromatic carbocycles. The van der Waals surface area contributed by atoms with E-state index < -0.39 is 18.0 Å². The van der Waals surface area contributed by atoms with Gasteiger partial charge < -0.3 is 9.47 Å². The molecule has 0 aliphatic rings. The second-order valence-corrected chi connectivity index (χ2v) is 7.21. The van der Waals surface area contributed by atoms with Crippen molar-refractivity contribution >= 4 is 18.0 Å². The minimum atomic E-state index is -0.604. The summed E-state index contributed by atoms with van der Waals surface area (Å²) in [7, 11) is 0. The maximum Gasteiger partial charge on any atom is 0.331 e. The van der Waals surface area contributed by atoms with Crippen molar-refractivity contribution in [1.29, 1.82) is 0 Å². The number of rotatable bonds is 9. The van der Waals surface area contributed by atoms with Crippen molar-refractivity contribution in [2.24, 2.45) is 11.8 Å². The molecule has 148 valence electrons. The molecule has 0 spiro atoms. The van der Waals surface area contributed by atoms with E-state index in [1.54, 1.807) is 13.0 Å². The van der Waals surface area contributed by atoms with Gasteiger partial charge in [-0.25, -0.2) is 4.79 Å². The van der Waals surface area contributed by atoms with E-state index >= 15 is 0 Å². The summed E-state index contributed by atoms with van der Waals surface area (Å²) in [6, 6.07) is 19.2. The van der Waals surface area contributed by atoms with Crippen LogP contribution in [0.2, 0.25) is 0 Å².